The number of cyclic esters (lactones) is 1. The second kappa shape index (κ2) is 4.69. The van der Waals surface area contributed by atoms with Crippen LogP contribution in [0.25, 0.3) is 0 Å². The first-order valence-corrected chi connectivity index (χ1v) is 4.41. The number of ether oxygens (including phenoxy) is 2. The number of carbonyl (C=O) groups is 2. The molecule has 1 aliphatic heterocycles. The Morgan fingerprint density at radius 3 is 3.00 bits per heavy atom. The van der Waals surface area contributed by atoms with Crippen LogP contribution in [0.4, 0.5) is 9.59 Å². The van der Waals surface area contributed by atoms with Gasteiger partial charge in [0.25, 0.3) is 0 Å². The van der Waals surface area contributed by atoms with Gasteiger partial charge >= 0.3 is 12.2 Å². The summed E-state index contributed by atoms with van der Waals surface area (Å²) in [7, 11) is 0. The number of carbonyl (C=O) groups excluding carboxylic acids is 1. The van der Waals surface area contributed by atoms with Crippen LogP contribution < -0.4 is 0 Å². The zero-order valence-electron chi connectivity index (χ0n) is 7.93. The number of carboxylic acid groups (broad SMARTS) is 1. The van der Waals surface area contributed by atoms with Gasteiger partial charge in [-0.1, -0.05) is 0 Å². The van der Waals surface area contributed by atoms with Crippen LogP contribution in [-0.2, 0) is 9.47 Å². The van der Waals surface area contributed by atoms with E-state index in [1.54, 1.807) is 6.92 Å². The summed E-state index contributed by atoms with van der Waals surface area (Å²) in [6, 6.07) is 0. The SMILES string of the molecule is CC(CCN1CCOC1=O)OC(=O)O. The Hall–Kier alpha value is -1.46. The molecule has 6 nitrogen and oxygen atoms in total. The van der Waals surface area contributed by atoms with Crippen molar-refractivity contribution < 1.29 is 24.2 Å². The van der Waals surface area contributed by atoms with E-state index in [0.29, 0.717) is 26.1 Å². The minimum absolute atomic E-state index is 0.340. The summed E-state index contributed by atoms with van der Waals surface area (Å²) in [6.45, 7) is 3.09. The Bertz CT molecular complexity index is 230. The first kappa shape index (κ1) is 10.6. The van der Waals surface area contributed by atoms with Gasteiger partial charge in [0.15, 0.2) is 0 Å². The predicted molar refractivity (Wildman–Crippen MR) is 46.1 cm³/mol. The fourth-order valence-corrected chi connectivity index (χ4v) is 1.20. The van der Waals surface area contributed by atoms with Crippen LogP contribution in [0.15, 0.2) is 0 Å². The van der Waals surface area contributed by atoms with Crippen molar-refractivity contribution in [2.24, 2.45) is 0 Å². The Kier molecular flexibility index (Phi) is 3.55. The van der Waals surface area contributed by atoms with Crippen LogP contribution in [-0.4, -0.2) is 48.1 Å². The summed E-state index contributed by atoms with van der Waals surface area (Å²) in [5.41, 5.74) is 0. The van der Waals surface area contributed by atoms with Crippen molar-refractivity contribution in [3.8, 4) is 0 Å². The molecule has 80 valence electrons. The highest BCUT2D eigenvalue weighted by Gasteiger charge is 2.22. The molecule has 0 aliphatic carbocycles. The standard InChI is InChI=1S/C8H13NO5/c1-6(14-8(11)12)2-3-9-4-5-13-7(9)10/h6H,2-5H2,1H3,(H,11,12). The average Bonchev–Trinajstić information content (AvgIpc) is 2.46. The van der Waals surface area contributed by atoms with Crippen LogP contribution in [0.1, 0.15) is 13.3 Å². The van der Waals surface area contributed by atoms with Gasteiger partial charge in [0, 0.05) is 13.0 Å². The molecule has 14 heavy (non-hydrogen) atoms. The van der Waals surface area contributed by atoms with Crippen molar-refractivity contribution in [2.75, 3.05) is 19.7 Å². The molecule has 1 aliphatic rings. The summed E-state index contributed by atoms with van der Waals surface area (Å²) in [4.78, 5) is 22.6. The van der Waals surface area contributed by atoms with Gasteiger partial charge in [-0.25, -0.2) is 9.59 Å². The lowest BCUT2D eigenvalue weighted by molar-refractivity contribution is 0.0530. The molecule has 1 saturated heterocycles. The third kappa shape index (κ3) is 3.12. The highest BCUT2D eigenvalue weighted by Crippen LogP contribution is 2.06. The maximum atomic E-state index is 11.0. The number of hydrogen-bond acceptors (Lipinski definition) is 4. The minimum Gasteiger partial charge on any atom is -0.450 e. The Balaban J connectivity index is 2.19. The number of hydrogen-bond donors (Lipinski definition) is 1. The molecular weight excluding hydrogens is 190 g/mol. The van der Waals surface area contributed by atoms with E-state index in [0.717, 1.165) is 0 Å². The maximum Gasteiger partial charge on any atom is 0.506 e. The normalized spacial score (nSPS) is 17.8. The van der Waals surface area contributed by atoms with E-state index in [1.165, 1.54) is 4.90 Å². The largest absolute Gasteiger partial charge is 0.506 e. The van der Waals surface area contributed by atoms with Crippen LogP contribution in [0.2, 0.25) is 0 Å². The first-order valence-electron chi connectivity index (χ1n) is 4.41. The van der Waals surface area contributed by atoms with Gasteiger partial charge in [-0.15, -0.1) is 0 Å². The molecule has 0 spiro atoms. The van der Waals surface area contributed by atoms with E-state index < -0.39 is 12.3 Å². The van der Waals surface area contributed by atoms with Crippen LogP contribution in [0.5, 0.6) is 0 Å². The van der Waals surface area contributed by atoms with E-state index >= 15 is 0 Å². The van der Waals surface area contributed by atoms with Crippen LogP contribution in [0.3, 0.4) is 0 Å². The van der Waals surface area contributed by atoms with Gasteiger partial charge in [-0.2, -0.15) is 0 Å². The first-order chi connectivity index (χ1) is 6.59. The Morgan fingerprint density at radius 1 is 1.79 bits per heavy atom. The second-order valence-corrected chi connectivity index (χ2v) is 3.08. The molecule has 0 aromatic rings. The molecule has 0 radical (unpaired) electrons. The molecule has 0 aromatic heterocycles. The van der Waals surface area contributed by atoms with Crippen molar-refractivity contribution in [3.05, 3.63) is 0 Å². The molecule has 0 bridgehead atoms. The molecule has 6 heteroatoms. The summed E-state index contributed by atoms with van der Waals surface area (Å²) >= 11 is 0. The lowest BCUT2D eigenvalue weighted by atomic mass is 10.3. The van der Waals surface area contributed by atoms with Crippen molar-refractivity contribution in [1.29, 1.82) is 0 Å². The molecule has 1 rings (SSSR count). The molecule has 1 heterocycles. The monoisotopic (exact) mass is 203 g/mol. The third-order valence-electron chi connectivity index (χ3n) is 1.95. The third-order valence-corrected chi connectivity index (χ3v) is 1.95. The molecule has 1 N–H and O–H groups in total. The van der Waals surface area contributed by atoms with E-state index in [4.69, 9.17) is 9.84 Å². The zero-order chi connectivity index (χ0) is 10.6. The smallest absolute Gasteiger partial charge is 0.450 e. The average molecular weight is 203 g/mol. The predicted octanol–water partition coefficient (Wildman–Crippen LogP) is 0.912. The van der Waals surface area contributed by atoms with Gasteiger partial charge < -0.3 is 19.5 Å². The Morgan fingerprint density at radius 2 is 2.50 bits per heavy atom. The molecule has 0 aromatic carbocycles. The number of amides is 1. The molecule has 1 atom stereocenters. The summed E-state index contributed by atoms with van der Waals surface area (Å²) in [5, 5.41) is 8.30. The number of rotatable bonds is 4. The van der Waals surface area contributed by atoms with Crippen molar-refractivity contribution in [1.82, 2.24) is 4.90 Å². The Labute approximate surface area is 81.4 Å². The molecular formula is C8H13NO5. The molecule has 0 saturated carbocycles. The quantitative estimate of drug-likeness (QED) is 0.687. The van der Waals surface area contributed by atoms with E-state index in [-0.39, 0.29) is 6.09 Å². The van der Waals surface area contributed by atoms with Gasteiger partial charge in [0.2, 0.25) is 0 Å². The number of nitrogens with zero attached hydrogens (tertiary/aromatic N) is 1. The fraction of sp³-hybridized carbons (Fsp3) is 0.750. The highest BCUT2D eigenvalue weighted by atomic mass is 16.7. The zero-order valence-corrected chi connectivity index (χ0v) is 7.93. The second-order valence-electron chi connectivity index (χ2n) is 3.08. The van der Waals surface area contributed by atoms with E-state index in [2.05, 4.69) is 4.74 Å². The fourth-order valence-electron chi connectivity index (χ4n) is 1.20. The molecule has 1 fully saturated rings. The molecule has 1 unspecified atom stereocenters. The summed E-state index contributed by atoms with van der Waals surface area (Å²) in [5.74, 6) is 0. The maximum absolute atomic E-state index is 11.0. The topological polar surface area (TPSA) is 76.1 Å². The van der Waals surface area contributed by atoms with Gasteiger partial charge in [-0.05, 0) is 6.92 Å². The van der Waals surface area contributed by atoms with Gasteiger partial charge in [-0.3, -0.25) is 0 Å². The van der Waals surface area contributed by atoms with Crippen molar-refractivity contribution in [2.45, 2.75) is 19.4 Å². The molecule has 1 amide bonds. The van der Waals surface area contributed by atoms with E-state index in [9.17, 15) is 9.59 Å². The van der Waals surface area contributed by atoms with Gasteiger partial charge in [0.05, 0.1) is 6.54 Å². The van der Waals surface area contributed by atoms with E-state index in [1.807, 2.05) is 0 Å². The van der Waals surface area contributed by atoms with Crippen LogP contribution in [0, 0.1) is 0 Å². The summed E-state index contributed by atoms with van der Waals surface area (Å²) < 4.78 is 9.19. The summed E-state index contributed by atoms with van der Waals surface area (Å²) in [6.07, 6.45) is -1.54. The lowest BCUT2D eigenvalue weighted by Crippen LogP contribution is -2.28. The van der Waals surface area contributed by atoms with Crippen molar-refractivity contribution in [3.63, 3.8) is 0 Å². The van der Waals surface area contributed by atoms with Gasteiger partial charge in [0.1, 0.15) is 12.7 Å². The van der Waals surface area contributed by atoms with Crippen molar-refractivity contribution >= 4 is 12.2 Å². The lowest BCUT2D eigenvalue weighted by Gasteiger charge is -2.15. The van der Waals surface area contributed by atoms with Crippen LogP contribution >= 0.6 is 0 Å². The highest BCUT2D eigenvalue weighted by molar-refractivity contribution is 5.69. The minimum atomic E-state index is -1.29.